The van der Waals surface area contributed by atoms with Crippen molar-refractivity contribution in [2.75, 3.05) is 13.2 Å². The van der Waals surface area contributed by atoms with E-state index in [1.807, 2.05) is 18.2 Å². The largest absolute Gasteiger partial charge is 0.492 e. The number of aliphatic hydroxyl groups is 1. The molecule has 5 heteroatoms. The minimum Gasteiger partial charge on any atom is -0.492 e. The van der Waals surface area contributed by atoms with E-state index in [-0.39, 0.29) is 12.3 Å². The Morgan fingerprint density at radius 1 is 1.35 bits per heavy atom. The van der Waals surface area contributed by atoms with E-state index in [0.717, 1.165) is 5.56 Å². The zero-order valence-corrected chi connectivity index (χ0v) is 11.2. The molecule has 0 aliphatic rings. The van der Waals surface area contributed by atoms with Crippen LogP contribution in [0.3, 0.4) is 0 Å². The summed E-state index contributed by atoms with van der Waals surface area (Å²) in [6.45, 7) is 0.731. The van der Waals surface area contributed by atoms with Crippen LogP contribution in [0, 0.1) is 11.8 Å². The van der Waals surface area contributed by atoms with Gasteiger partial charge in [0.2, 0.25) is 0 Å². The van der Waals surface area contributed by atoms with Crippen LogP contribution in [-0.2, 0) is 13.6 Å². The minimum absolute atomic E-state index is 0.0591. The zero-order valence-electron chi connectivity index (χ0n) is 11.2. The maximum atomic E-state index is 11.6. The summed E-state index contributed by atoms with van der Waals surface area (Å²) in [6, 6.07) is 7.32. The molecule has 0 atom stereocenters. The van der Waals surface area contributed by atoms with E-state index in [4.69, 9.17) is 9.84 Å². The van der Waals surface area contributed by atoms with Crippen molar-refractivity contribution in [3.05, 3.63) is 52.7 Å². The molecule has 1 aromatic carbocycles. The SMILES string of the molecule is Cn1ccn(CCOc2cccc(C#CCO)c2)c1=O. The van der Waals surface area contributed by atoms with Crippen LogP contribution in [0.1, 0.15) is 5.56 Å². The molecule has 2 aromatic rings. The van der Waals surface area contributed by atoms with Crippen LogP contribution in [0.2, 0.25) is 0 Å². The van der Waals surface area contributed by atoms with Gasteiger partial charge in [-0.3, -0.25) is 4.57 Å². The molecule has 0 saturated carbocycles. The summed E-state index contributed by atoms with van der Waals surface area (Å²) >= 11 is 0. The Kier molecular flexibility index (Phi) is 4.64. The van der Waals surface area contributed by atoms with Crippen LogP contribution in [0.25, 0.3) is 0 Å². The number of nitrogens with zero attached hydrogens (tertiary/aromatic N) is 2. The molecule has 0 aliphatic heterocycles. The first kappa shape index (κ1) is 14.0. The van der Waals surface area contributed by atoms with E-state index in [1.165, 1.54) is 4.57 Å². The first-order chi connectivity index (χ1) is 9.70. The molecular formula is C15H16N2O3. The summed E-state index contributed by atoms with van der Waals surface area (Å²) in [5.74, 6) is 6.10. The predicted molar refractivity (Wildman–Crippen MR) is 75.6 cm³/mol. The lowest BCUT2D eigenvalue weighted by Gasteiger charge is -2.06. The first-order valence-electron chi connectivity index (χ1n) is 6.25. The van der Waals surface area contributed by atoms with Gasteiger partial charge in [0.25, 0.3) is 0 Å². The van der Waals surface area contributed by atoms with E-state index in [9.17, 15) is 4.79 Å². The Hall–Kier alpha value is -2.45. The molecule has 1 aromatic heterocycles. The van der Waals surface area contributed by atoms with Gasteiger partial charge in [-0.25, -0.2) is 4.79 Å². The number of aromatic nitrogens is 2. The second kappa shape index (κ2) is 6.64. The fourth-order valence-corrected chi connectivity index (χ4v) is 1.75. The van der Waals surface area contributed by atoms with Crippen molar-refractivity contribution in [2.24, 2.45) is 7.05 Å². The Balaban J connectivity index is 1.94. The summed E-state index contributed by atoms with van der Waals surface area (Å²) in [5, 5.41) is 8.65. The average Bonchev–Trinajstić information content (AvgIpc) is 2.78. The van der Waals surface area contributed by atoms with Crippen molar-refractivity contribution < 1.29 is 9.84 Å². The normalized spacial score (nSPS) is 9.90. The minimum atomic E-state index is -0.165. The number of benzene rings is 1. The Bertz CT molecular complexity index is 689. The smallest absolute Gasteiger partial charge is 0.327 e. The Morgan fingerprint density at radius 3 is 2.90 bits per heavy atom. The summed E-state index contributed by atoms with van der Waals surface area (Å²) in [6.07, 6.45) is 3.45. The van der Waals surface area contributed by atoms with Crippen LogP contribution < -0.4 is 10.4 Å². The highest BCUT2D eigenvalue weighted by Gasteiger charge is 2.00. The van der Waals surface area contributed by atoms with Crippen molar-refractivity contribution in [1.82, 2.24) is 9.13 Å². The quantitative estimate of drug-likeness (QED) is 0.830. The Labute approximate surface area is 117 Å². The van der Waals surface area contributed by atoms with Crippen LogP contribution in [0.4, 0.5) is 0 Å². The first-order valence-corrected chi connectivity index (χ1v) is 6.25. The van der Waals surface area contributed by atoms with Crippen LogP contribution in [0.5, 0.6) is 5.75 Å². The van der Waals surface area contributed by atoms with Gasteiger partial charge in [-0.2, -0.15) is 0 Å². The van der Waals surface area contributed by atoms with E-state index in [2.05, 4.69) is 11.8 Å². The number of hydrogen-bond donors (Lipinski definition) is 1. The van der Waals surface area contributed by atoms with E-state index in [0.29, 0.717) is 18.9 Å². The van der Waals surface area contributed by atoms with Gasteiger partial charge in [0, 0.05) is 25.0 Å². The number of imidazole rings is 1. The predicted octanol–water partition coefficient (Wildman–Crippen LogP) is 0.610. The molecule has 0 aliphatic carbocycles. The topological polar surface area (TPSA) is 56.4 Å². The summed E-state index contributed by atoms with van der Waals surface area (Å²) in [5.41, 5.74) is 0.726. The lowest BCUT2D eigenvalue weighted by molar-refractivity contribution is 0.296. The van der Waals surface area contributed by atoms with Gasteiger partial charge in [0.1, 0.15) is 19.0 Å². The third-order valence-corrected chi connectivity index (χ3v) is 2.76. The van der Waals surface area contributed by atoms with Gasteiger partial charge in [-0.05, 0) is 18.2 Å². The fraction of sp³-hybridized carbons (Fsp3) is 0.267. The van der Waals surface area contributed by atoms with Gasteiger partial charge < -0.3 is 14.4 Å². The molecule has 0 bridgehead atoms. The molecule has 2 rings (SSSR count). The molecule has 0 amide bonds. The molecule has 1 heterocycles. The molecule has 104 valence electrons. The Morgan fingerprint density at radius 2 is 2.20 bits per heavy atom. The standard InChI is InChI=1S/C15H16N2O3/c1-16-7-8-17(15(16)19)9-11-20-14-6-2-4-13(12-14)5-3-10-18/h2,4,6-8,12,18H,9-11H2,1H3. The number of ether oxygens (including phenoxy) is 1. The van der Waals surface area contributed by atoms with Crippen molar-refractivity contribution >= 4 is 0 Å². The van der Waals surface area contributed by atoms with Gasteiger partial charge >= 0.3 is 5.69 Å². The third kappa shape index (κ3) is 3.53. The molecular weight excluding hydrogens is 256 g/mol. The van der Waals surface area contributed by atoms with Crippen LogP contribution in [-0.4, -0.2) is 27.5 Å². The average molecular weight is 272 g/mol. The van der Waals surface area contributed by atoms with Crippen molar-refractivity contribution in [2.45, 2.75) is 6.54 Å². The molecule has 0 saturated heterocycles. The van der Waals surface area contributed by atoms with E-state index >= 15 is 0 Å². The maximum absolute atomic E-state index is 11.6. The molecule has 20 heavy (non-hydrogen) atoms. The molecule has 1 N–H and O–H groups in total. The second-order valence-corrected chi connectivity index (χ2v) is 4.22. The highest BCUT2D eigenvalue weighted by Crippen LogP contribution is 2.12. The highest BCUT2D eigenvalue weighted by molar-refractivity contribution is 5.39. The number of hydrogen-bond acceptors (Lipinski definition) is 3. The number of rotatable bonds is 4. The van der Waals surface area contributed by atoms with Crippen molar-refractivity contribution in [1.29, 1.82) is 0 Å². The second-order valence-electron chi connectivity index (χ2n) is 4.22. The van der Waals surface area contributed by atoms with E-state index in [1.54, 1.807) is 30.1 Å². The maximum Gasteiger partial charge on any atom is 0.327 e. The van der Waals surface area contributed by atoms with Crippen LogP contribution in [0.15, 0.2) is 41.5 Å². The van der Waals surface area contributed by atoms with Gasteiger partial charge in [-0.15, -0.1) is 0 Å². The molecule has 0 spiro atoms. The van der Waals surface area contributed by atoms with Gasteiger partial charge in [-0.1, -0.05) is 17.9 Å². The summed E-state index contributed by atoms with van der Waals surface area (Å²) < 4.78 is 8.71. The summed E-state index contributed by atoms with van der Waals surface area (Å²) in [7, 11) is 1.71. The fourth-order valence-electron chi connectivity index (χ4n) is 1.75. The highest BCUT2D eigenvalue weighted by atomic mass is 16.5. The number of aliphatic hydroxyl groups excluding tert-OH is 1. The molecule has 0 fully saturated rings. The zero-order chi connectivity index (χ0) is 14.4. The van der Waals surface area contributed by atoms with Gasteiger partial charge in [0.05, 0.1) is 6.54 Å². The molecule has 0 unspecified atom stereocenters. The summed E-state index contributed by atoms with van der Waals surface area (Å²) in [4.78, 5) is 11.6. The van der Waals surface area contributed by atoms with Crippen molar-refractivity contribution in [3.8, 4) is 17.6 Å². The molecule has 0 radical (unpaired) electrons. The third-order valence-electron chi connectivity index (χ3n) is 2.76. The van der Waals surface area contributed by atoms with Gasteiger partial charge in [0.15, 0.2) is 0 Å². The monoisotopic (exact) mass is 272 g/mol. The van der Waals surface area contributed by atoms with Crippen molar-refractivity contribution in [3.63, 3.8) is 0 Å². The number of aryl methyl sites for hydroxylation is 1. The van der Waals surface area contributed by atoms with Crippen LogP contribution >= 0.6 is 0 Å². The molecule has 5 nitrogen and oxygen atoms in total. The lowest BCUT2D eigenvalue weighted by Crippen LogP contribution is -2.24. The lowest BCUT2D eigenvalue weighted by atomic mass is 10.2. The van der Waals surface area contributed by atoms with E-state index < -0.39 is 0 Å².